The number of aryl methyl sites for hydroxylation is 1. The molecule has 1 fully saturated rings. The Balaban J connectivity index is 1.64. The molecule has 22 heavy (non-hydrogen) atoms. The Morgan fingerprint density at radius 2 is 2.09 bits per heavy atom. The highest BCUT2D eigenvalue weighted by atomic mass is 16.1. The van der Waals surface area contributed by atoms with E-state index in [0.717, 1.165) is 30.9 Å². The predicted octanol–water partition coefficient (Wildman–Crippen LogP) is 2.64. The fourth-order valence-corrected chi connectivity index (χ4v) is 2.73. The van der Waals surface area contributed by atoms with E-state index >= 15 is 0 Å². The lowest BCUT2D eigenvalue weighted by molar-refractivity contribution is -0.120. The maximum Gasteiger partial charge on any atom is 0.229 e. The van der Waals surface area contributed by atoms with Gasteiger partial charge in [0.15, 0.2) is 0 Å². The molecule has 3 rings (SSSR count). The number of carbonyl (C=O) groups is 1. The summed E-state index contributed by atoms with van der Waals surface area (Å²) in [6, 6.07) is 7.89. The summed E-state index contributed by atoms with van der Waals surface area (Å²) in [6.07, 6.45) is 7.00. The van der Waals surface area contributed by atoms with Crippen molar-refractivity contribution in [1.82, 2.24) is 9.97 Å². The maximum atomic E-state index is 12.5. The third kappa shape index (κ3) is 3.42. The summed E-state index contributed by atoms with van der Waals surface area (Å²) in [5, 5.41) is 3.01. The number of rotatable bonds is 3. The number of anilines is 2. The number of benzene rings is 1. The van der Waals surface area contributed by atoms with Gasteiger partial charge in [-0.15, -0.1) is 0 Å². The van der Waals surface area contributed by atoms with Gasteiger partial charge in [-0.1, -0.05) is 17.7 Å². The summed E-state index contributed by atoms with van der Waals surface area (Å²) in [5.41, 5.74) is 2.04. The molecule has 1 amide bonds. The van der Waals surface area contributed by atoms with E-state index in [0.29, 0.717) is 6.54 Å². The molecule has 5 nitrogen and oxygen atoms in total. The number of piperidine rings is 1. The second-order valence-corrected chi connectivity index (χ2v) is 5.70. The average Bonchev–Trinajstić information content (AvgIpc) is 2.58. The van der Waals surface area contributed by atoms with E-state index in [1.54, 1.807) is 18.6 Å². The van der Waals surface area contributed by atoms with Gasteiger partial charge in [0, 0.05) is 31.2 Å². The van der Waals surface area contributed by atoms with Gasteiger partial charge in [0.2, 0.25) is 5.91 Å². The normalized spacial score (nSPS) is 18.0. The Bertz CT molecular complexity index is 627. The predicted molar refractivity (Wildman–Crippen MR) is 86.8 cm³/mol. The van der Waals surface area contributed by atoms with Crippen LogP contribution in [-0.2, 0) is 4.79 Å². The van der Waals surface area contributed by atoms with Gasteiger partial charge in [-0.3, -0.25) is 9.78 Å². The van der Waals surface area contributed by atoms with Crippen LogP contribution in [0.3, 0.4) is 0 Å². The van der Waals surface area contributed by atoms with Crippen LogP contribution in [0.15, 0.2) is 42.9 Å². The quantitative estimate of drug-likeness (QED) is 0.946. The summed E-state index contributed by atoms with van der Waals surface area (Å²) < 4.78 is 0. The van der Waals surface area contributed by atoms with Crippen LogP contribution in [0.25, 0.3) is 0 Å². The van der Waals surface area contributed by atoms with Crippen LogP contribution >= 0.6 is 0 Å². The maximum absolute atomic E-state index is 12.5. The summed E-state index contributed by atoms with van der Waals surface area (Å²) in [4.78, 5) is 23.0. The number of nitrogens with one attached hydrogen (secondary N) is 1. The van der Waals surface area contributed by atoms with Crippen molar-refractivity contribution in [3.8, 4) is 0 Å². The van der Waals surface area contributed by atoms with Gasteiger partial charge in [0.05, 0.1) is 12.1 Å². The molecule has 1 aromatic heterocycles. The molecule has 1 N–H and O–H groups in total. The first-order valence-corrected chi connectivity index (χ1v) is 7.61. The Morgan fingerprint density at radius 3 is 2.82 bits per heavy atom. The summed E-state index contributed by atoms with van der Waals surface area (Å²) >= 11 is 0. The van der Waals surface area contributed by atoms with E-state index in [4.69, 9.17) is 0 Å². The molecule has 2 heterocycles. The average molecular weight is 296 g/mol. The van der Waals surface area contributed by atoms with Gasteiger partial charge in [-0.05, 0) is 31.9 Å². The molecular weight excluding hydrogens is 276 g/mol. The minimum absolute atomic E-state index is 0.0166. The topological polar surface area (TPSA) is 58.1 Å². The lowest BCUT2D eigenvalue weighted by atomic mass is 9.97. The first kappa shape index (κ1) is 14.5. The van der Waals surface area contributed by atoms with Crippen LogP contribution in [-0.4, -0.2) is 29.0 Å². The Hall–Kier alpha value is -2.43. The van der Waals surface area contributed by atoms with Crippen molar-refractivity contribution in [3.63, 3.8) is 0 Å². The van der Waals surface area contributed by atoms with E-state index in [2.05, 4.69) is 20.2 Å². The molecule has 1 aliphatic heterocycles. The number of hydrogen-bond acceptors (Lipinski definition) is 4. The number of amides is 1. The molecule has 2 aromatic rings. The molecule has 0 bridgehead atoms. The van der Waals surface area contributed by atoms with Gasteiger partial charge in [0.1, 0.15) is 5.82 Å². The van der Waals surface area contributed by atoms with Crippen LogP contribution in [0.2, 0.25) is 0 Å². The van der Waals surface area contributed by atoms with Crippen molar-refractivity contribution in [2.75, 3.05) is 23.3 Å². The van der Waals surface area contributed by atoms with Crippen LogP contribution in [0.5, 0.6) is 0 Å². The Labute approximate surface area is 130 Å². The van der Waals surface area contributed by atoms with E-state index in [9.17, 15) is 4.79 Å². The molecule has 0 unspecified atom stereocenters. The zero-order valence-corrected chi connectivity index (χ0v) is 12.7. The molecular formula is C17H20N4O. The van der Waals surface area contributed by atoms with Crippen molar-refractivity contribution in [2.24, 2.45) is 5.92 Å². The van der Waals surface area contributed by atoms with Crippen molar-refractivity contribution < 1.29 is 4.79 Å². The molecule has 1 saturated heterocycles. The number of carbonyl (C=O) groups excluding carboxylic acids is 1. The van der Waals surface area contributed by atoms with E-state index in [1.165, 1.54) is 5.56 Å². The lowest BCUT2D eigenvalue weighted by Crippen LogP contribution is -2.41. The number of aromatic nitrogens is 2. The van der Waals surface area contributed by atoms with Gasteiger partial charge < -0.3 is 10.2 Å². The minimum Gasteiger partial charge on any atom is -0.355 e. The van der Waals surface area contributed by atoms with E-state index < -0.39 is 0 Å². The van der Waals surface area contributed by atoms with Crippen LogP contribution in [0.4, 0.5) is 11.5 Å². The van der Waals surface area contributed by atoms with Crippen LogP contribution < -0.4 is 10.2 Å². The van der Waals surface area contributed by atoms with E-state index in [1.807, 2.05) is 31.2 Å². The minimum atomic E-state index is -0.0166. The second kappa shape index (κ2) is 6.56. The standard InChI is InChI=1S/C17H20N4O/c1-13-4-6-15(7-5-13)20-17(22)14-3-2-10-21(12-14)16-11-18-8-9-19-16/h4-9,11,14H,2-3,10,12H2,1H3,(H,20,22)/t14-/m1/s1. The third-order valence-corrected chi connectivity index (χ3v) is 3.98. The zero-order valence-electron chi connectivity index (χ0n) is 12.7. The van der Waals surface area contributed by atoms with Crippen molar-refractivity contribution >= 4 is 17.4 Å². The van der Waals surface area contributed by atoms with Crippen molar-refractivity contribution in [1.29, 1.82) is 0 Å². The molecule has 1 aromatic carbocycles. The Morgan fingerprint density at radius 1 is 1.27 bits per heavy atom. The SMILES string of the molecule is Cc1ccc(NC(=O)[C@@H]2CCCN(c3cnccn3)C2)cc1. The largest absolute Gasteiger partial charge is 0.355 e. The zero-order chi connectivity index (χ0) is 15.4. The van der Waals surface area contributed by atoms with Crippen molar-refractivity contribution in [3.05, 3.63) is 48.4 Å². The third-order valence-electron chi connectivity index (χ3n) is 3.98. The number of nitrogens with zero attached hydrogens (tertiary/aromatic N) is 3. The Kier molecular flexibility index (Phi) is 4.32. The first-order chi connectivity index (χ1) is 10.7. The summed E-state index contributed by atoms with van der Waals surface area (Å²) in [7, 11) is 0. The van der Waals surface area contributed by atoms with Crippen LogP contribution in [0, 0.1) is 12.8 Å². The molecule has 0 spiro atoms. The highest BCUT2D eigenvalue weighted by Crippen LogP contribution is 2.22. The molecule has 0 aliphatic carbocycles. The van der Waals surface area contributed by atoms with Gasteiger partial charge in [-0.25, -0.2) is 4.98 Å². The molecule has 0 saturated carbocycles. The number of hydrogen-bond donors (Lipinski definition) is 1. The summed E-state index contributed by atoms with van der Waals surface area (Å²) in [5.74, 6) is 0.907. The molecule has 0 radical (unpaired) electrons. The van der Waals surface area contributed by atoms with Gasteiger partial charge in [0.25, 0.3) is 0 Å². The van der Waals surface area contributed by atoms with Gasteiger partial charge in [-0.2, -0.15) is 0 Å². The monoisotopic (exact) mass is 296 g/mol. The fourth-order valence-electron chi connectivity index (χ4n) is 2.73. The lowest BCUT2D eigenvalue weighted by Gasteiger charge is -2.32. The highest BCUT2D eigenvalue weighted by molar-refractivity contribution is 5.93. The van der Waals surface area contributed by atoms with Crippen molar-refractivity contribution in [2.45, 2.75) is 19.8 Å². The molecule has 1 atom stereocenters. The van der Waals surface area contributed by atoms with Gasteiger partial charge >= 0.3 is 0 Å². The first-order valence-electron chi connectivity index (χ1n) is 7.61. The summed E-state index contributed by atoms with van der Waals surface area (Å²) in [6.45, 7) is 3.65. The fraction of sp³-hybridized carbons (Fsp3) is 0.353. The molecule has 114 valence electrons. The molecule has 5 heteroatoms. The van der Waals surface area contributed by atoms with Crippen LogP contribution in [0.1, 0.15) is 18.4 Å². The highest BCUT2D eigenvalue weighted by Gasteiger charge is 2.26. The second-order valence-electron chi connectivity index (χ2n) is 5.70. The van der Waals surface area contributed by atoms with E-state index in [-0.39, 0.29) is 11.8 Å². The molecule has 1 aliphatic rings. The smallest absolute Gasteiger partial charge is 0.229 e.